The molecule has 0 saturated carbocycles. The van der Waals surface area contributed by atoms with E-state index < -0.39 is 14.9 Å². The summed E-state index contributed by atoms with van der Waals surface area (Å²) < 4.78 is 27.9. The molecule has 0 aliphatic carbocycles. The largest absolute Gasteiger partial charge is 0.501 e. The molecule has 3 heterocycles. The van der Waals surface area contributed by atoms with Gasteiger partial charge in [-0.25, -0.2) is 0 Å². The van der Waals surface area contributed by atoms with Crippen molar-refractivity contribution in [1.29, 1.82) is 0 Å². The number of aryl methyl sites for hydroxylation is 1. The molecule has 0 aliphatic rings. The number of pyridine rings is 2. The number of hydrogen-bond acceptors (Lipinski definition) is 3. The fraction of sp³-hybridized carbons (Fsp3) is 0.125. The Bertz CT molecular complexity index is 1710. The predicted octanol–water partition coefficient (Wildman–Crippen LogP) is 7.85. The first-order valence-electron chi connectivity index (χ1n) is 13.3. The molecule has 187 valence electrons. The van der Waals surface area contributed by atoms with Crippen LogP contribution in [-0.2, 0) is 20.1 Å². The van der Waals surface area contributed by atoms with E-state index in [0.29, 0.717) is 0 Å². The van der Waals surface area contributed by atoms with Crippen LogP contribution in [0.3, 0.4) is 0 Å². The first-order chi connectivity index (χ1) is 18.6. The number of fused-ring (bicyclic) bond motifs is 3. The molecule has 0 saturated heterocycles. The van der Waals surface area contributed by atoms with Gasteiger partial charge < -0.3 is 14.4 Å². The van der Waals surface area contributed by atoms with Gasteiger partial charge in [-0.1, -0.05) is 72.2 Å². The fourth-order valence-corrected chi connectivity index (χ4v) is 5.18. The van der Waals surface area contributed by atoms with Crippen LogP contribution in [0.15, 0.2) is 102 Å². The Hall–Kier alpha value is -3.37. The molecule has 0 unspecified atom stereocenters. The molecule has 3 nitrogen and oxygen atoms in total. The van der Waals surface area contributed by atoms with E-state index >= 15 is 0 Å². The van der Waals surface area contributed by atoms with Crippen LogP contribution in [0.4, 0.5) is 0 Å². The summed E-state index contributed by atoms with van der Waals surface area (Å²) in [6.07, 6.45) is 3.19. The molecule has 0 bridgehead atoms. The van der Waals surface area contributed by atoms with Crippen molar-refractivity contribution in [3.63, 3.8) is 0 Å². The first kappa shape index (κ1) is 22.8. The average Bonchev–Trinajstić information content (AvgIpc) is 3.32. The molecule has 6 rings (SSSR count). The van der Waals surface area contributed by atoms with Gasteiger partial charge in [-0.3, -0.25) is 0 Å². The Balaban J connectivity index is 0.000000192. The number of benzene rings is 3. The Labute approximate surface area is 237 Å². The second-order valence-electron chi connectivity index (χ2n) is 9.58. The monoisotopic (exact) mass is 680 g/mol. The molecule has 0 spiro atoms. The van der Waals surface area contributed by atoms with Crippen LogP contribution in [0.1, 0.15) is 9.68 Å². The van der Waals surface area contributed by atoms with Gasteiger partial charge in [-0.2, -0.15) is 0 Å². The van der Waals surface area contributed by atoms with Crippen LogP contribution in [0, 0.1) is 19.0 Å². The van der Waals surface area contributed by atoms with Crippen molar-refractivity contribution in [1.82, 2.24) is 9.97 Å². The molecule has 0 atom stereocenters. The third-order valence-corrected chi connectivity index (χ3v) is 8.01. The van der Waals surface area contributed by atoms with Crippen LogP contribution in [0.25, 0.3) is 44.5 Å². The normalized spacial score (nSPS) is 12.6. The number of nitrogens with zero attached hydrogens (tertiary/aromatic N) is 2. The SMILES string of the molecule is C[Si](C)(C)c1ccc2oc3c(-c4ccccn4)[c-]ccc3c2c1.[2H]C([2H])([2H])c1ccc(-c2[c-]cccc2)nc1.[Ir]. The molecule has 37 heavy (non-hydrogen) atoms. The van der Waals surface area contributed by atoms with Crippen molar-refractivity contribution >= 4 is 35.2 Å². The number of furan rings is 1. The van der Waals surface area contributed by atoms with Crippen LogP contribution in [0.2, 0.25) is 19.6 Å². The van der Waals surface area contributed by atoms with Crippen LogP contribution >= 0.6 is 0 Å². The Morgan fingerprint density at radius 2 is 1.68 bits per heavy atom. The Morgan fingerprint density at radius 3 is 2.35 bits per heavy atom. The van der Waals surface area contributed by atoms with Gasteiger partial charge in [0.1, 0.15) is 5.58 Å². The molecule has 6 aromatic rings. The summed E-state index contributed by atoms with van der Waals surface area (Å²) in [5.41, 5.74) is 5.46. The van der Waals surface area contributed by atoms with E-state index in [2.05, 4.69) is 66.0 Å². The summed E-state index contributed by atoms with van der Waals surface area (Å²) in [6.45, 7) is 5.00. The quantitative estimate of drug-likeness (QED) is 0.141. The molecule has 0 N–H and O–H groups in total. The van der Waals surface area contributed by atoms with Crippen molar-refractivity contribution in [3.8, 4) is 22.5 Å². The van der Waals surface area contributed by atoms with Gasteiger partial charge in [0, 0.05) is 42.0 Å². The summed E-state index contributed by atoms with van der Waals surface area (Å²) in [5.74, 6) is 0. The zero-order valence-corrected chi connectivity index (χ0v) is 24.3. The smallest absolute Gasteiger partial charge is 0.120 e. The molecule has 5 heteroatoms. The second-order valence-corrected chi connectivity index (χ2v) is 14.7. The second kappa shape index (κ2) is 11.3. The third kappa shape index (κ3) is 5.96. The van der Waals surface area contributed by atoms with E-state index in [4.69, 9.17) is 8.53 Å². The zero-order valence-electron chi connectivity index (χ0n) is 23.9. The maximum atomic E-state index is 7.23. The van der Waals surface area contributed by atoms with Crippen molar-refractivity contribution in [2.24, 2.45) is 0 Å². The Kier molecular flexibility index (Phi) is 6.99. The van der Waals surface area contributed by atoms with E-state index in [1.54, 1.807) is 24.4 Å². The number of aromatic nitrogens is 2. The zero-order chi connectivity index (χ0) is 27.6. The van der Waals surface area contributed by atoms with Crippen molar-refractivity contribution in [2.45, 2.75) is 26.5 Å². The molecule has 0 aliphatic heterocycles. The van der Waals surface area contributed by atoms with Crippen LogP contribution in [-0.4, -0.2) is 18.0 Å². The van der Waals surface area contributed by atoms with Gasteiger partial charge in [-0.15, -0.1) is 54.1 Å². The number of hydrogen-bond donors (Lipinski definition) is 0. The summed E-state index contributed by atoms with van der Waals surface area (Å²) >= 11 is 0. The third-order valence-electron chi connectivity index (χ3n) is 5.97. The van der Waals surface area contributed by atoms with E-state index in [-0.39, 0.29) is 25.7 Å². The minimum atomic E-state index is -2.09. The van der Waals surface area contributed by atoms with Gasteiger partial charge in [0.2, 0.25) is 0 Å². The van der Waals surface area contributed by atoms with Gasteiger partial charge in [0.25, 0.3) is 0 Å². The minimum Gasteiger partial charge on any atom is -0.501 e. The first-order valence-corrected chi connectivity index (χ1v) is 15.3. The van der Waals surface area contributed by atoms with Crippen molar-refractivity contribution in [3.05, 3.63) is 115 Å². The maximum Gasteiger partial charge on any atom is 0.120 e. The number of rotatable bonds is 3. The standard InChI is InChI=1S/C20H18NOSi.C12H10N.Ir/c1-23(2,3)14-10-11-19-17(13-14)15-7-6-8-16(20(15)22-19)18-9-4-5-12-21-18;1-10-7-8-12(13-9-10)11-5-3-2-4-6-11;/h4-7,9-13H,1-3H3;2-5,7-9H,1H3;/q2*-1;/i;1D3;. The topological polar surface area (TPSA) is 38.9 Å². The summed E-state index contributed by atoms with van der Waals surface area (Å²) in [4.78, 5) is 8.57. The van der Waals surface area contributed by atoms with Gasteiger partial charge in [-0.05, 0) is 35.9 Å². The van der Waals surface area contributed by atoms with Crippen molar-refractivity contribution in [2.75, 3.05) is 0 Å². The molecule has 3 aromatic carbocycles. The van der Waals surface area contributed by atoms with Gasteiger partial charge >= 0.3 is 0 Å². The summed E-state index contributed by atoms with van der Waals surface area (Å²) in [5, 5.41) is 3.77. The molecular formula is C32H28IrN2OSi-2. The van der Waals surface area contributed by atoms with E-state index in [9.17, 15) is 0 Å². The molecule has 0 amide bonds. The Morgan fingerprint density at radius 1 is 0.811 bits per heavy atom. The van der Waals surface area contributed by atoms with Gasteiger partial charge in [0.05, 0.1) is 13.7 Å². The average molecular weight is 680 g/mol. The maximum absolute atomic E-state index is 7.23. The molecule has 1 radical (unpaired) electrons. The van der Waals surface area contributed by atoms with Crippen LogP contribution in [0.5, 0.6) is 0 Å². The van der Waals surface area contributed by atoms with E-state index in [1.165, 1.54) is 16.8 Å². The van der Waals surface area contributed by atoms with E-state index in [1.807, 2.05) is 42.5 Å². The predicted molar refractivity (Wildman–Crippen MR) is 152 cm³/mol. The van der Waals surface area contributed by atoms with Crippen LogP contribution < -0.4 is 5.19 Å². The van der Waals surface area contributed by atoms with Gasteiger partial charge in [0.15, 0.2) is 0 Å². The van der Waals surface area contributed by atoms with E-state index in [0.717, 1.165) is 39.1 Å². The molecule has 0 fully saturated rings. The van der Waals surface area contributed by atoms with Crippen molar-refractivity contribution < 1.29 is 28.6 Å². The fourth-order valence-electron chi connectivity index (χ4n) is 4.02. The summed E-state index contributed by atoms with van der Waals surface area (Å²) in [6, 6.07) is 33.6. The minimum absolute atomic E-state index is 0. The molecular weight excluding hydrogens is 649 g/mol. The molecule has 3 aromatic heterocycles. The summed E-state index contributed by atoms with van der Waals surface area (Å²) in [7, 11) is -1.35.